The van der Waals surface area contributed by atoms with Gasteiger partial charge in [0, 0.05) is 6.04 Å². The Kier molecular flexibility index (Phi) is 4.63. The summed E-state index contributed by atoms with van der Waals surface area (Å²) in [7, 11) is -3.13. The third kappa shape index (κ3) is 3.80. The van der Waals surface area contributed by atoms with Crippen LogP contribution in [0.5, 0.6) is 0 Å². The topological polar surface area (TPSA) is 46.2 Å². The number of nitrogens with one attached hydrogen (secondary N) is 1. The summed E-state index contributed by atoms with van der Waals surface area (Å²) >= 11 is 0. The normalized spacial score (nSPS) is 24.6. The van der Waals surface area contributed by atoms with Crippen LogP contribution >= 0.6 is 0 Å². The monoisotopic (exact) mass is 281 g/mol. The van der Waals surface area contributed by atoms with Crippen LogP contribution in [-0.2, 0) is 10.0 Å². The molecule has 1 aromatic rings. The van der Waals surface area contributed by atoms with Crippen molar-refractivity contribution in [3.63, 3.8) is 0 Å². The molecule has 0 bridgehead atoms. The summed E-state index contributed by atoms with van der Waals surface area (Å²) in [5.74, 6) is 0.584. The number of hydrogen-bond acceptors (Lipinski definition) is 2. The van der Waals surface area contributed by atoms with E-state index < -0.39 is 10.0 Å². The smallest absolute Gasteiger partial charge is 0.212 e. The van der Waals surface area contributed by atoms with Gasteiger partial charge in [-0.15, -0.1) is 0 Å². The van der Waals surface area contributed by atoms with Gasteiger partial charge in [-0.3, -0.25) is 0 Å². The maximum Gasteiger partial charge on any atom is 0.214 e. The highest BCUT2D eigenvalue weighted by Crippen LogP contribution is 2.32. The molecule has 1 fully saturated rings. The van der Waals surface area contributed by atoms with Crippen molar-refractivity contribution in [2.24, 2.45) is 0 Å². The Labute approximate surface area is 116 Å². The van der Waals surface area contributed by atoms with Crippen LogP contribution in [0, 0.1) is 0 Å². The number of benzene rings is 1. The molecule has 0 spiro atoms. The Balaban J connectivity index is 1.90. The highest BCUT2D eigenvalue weighted by molar-refractivity contribution is 7.90. The molecule has 0 unspecified atom stereocenters. The highest BCUT2D eigenvalue weighted by atomic mass is 32.2. The lowest BCUT2D eigenvalue weighted by Gasteiger charge is -2.29. The van der Waals surface area contributed by atoms with E-state index in [1.807, 2.05) is 6.07 Å². The lowest BCUT2D eigenvalue weighted by atomic mass is 9.82. The van der Waals surface area contributed by atoms with Crippen molar-refractivity contribution < 1.29 is 8.42 Å². The van der Waals surface area contributed by atoms with Crippen molar-refractivity contribution in [3.8, 4) is 0 Å². The van der Waals surface area contributed by atoms with Crippen molar-refractivity contribution in [3.05, 3.63) is 35.9 Å². The Morgan fingerprint density at radius 1 is 1.05 bits per heavy atom. The number of hydrogen-bond donors (Lipinski definition) is 1. The molecule has 1 aromatic carbocycles. The van der Waals surface area contributed by atoms with Gasteiger partial charge in [0.25, 0.3) is 0 Å². The zero-order valence-corrected chi connectivity index (χ0v) is 12.5. The molecule has 106 valence electrons. The summed E-state index contributed by atoms with van der Waals surface area (Å²) in [6.07, 6.45) is 4.00. The predicted molar refractivity (Wildman–Crippen MR) is 78.6 cm³/mol. The molecule has 0 saturated heterocycles. The summed E-state index contributed by atoms with van der Waals surface area (Å²) < 4.78 is 26.5. The summed E-state index contributed by atoms with van der Waals surface area (Å²) in [5.41, 5.74) is 1.38. The minimum atomic E-state index is -3.13. The average Bonchev–Trinajstić information content (AvgIpc) is 2.40. The maximum atomic E-state index is 11.8. The van der Waals surface area contributed by atoms with Crippen LogP contribution in [-0.4, -0.2) is 19.7 Å². The Hall–Kier alpha value is -0.870. The van der Waals surface area contributed by atoms with Crippen LogP contribution in [0.4, 0.5) is 0 Å². The quantitative estimate of drug-likeness (QED) is 0.922. The third-order valence-electron chi connectivity index (χ3n) is 3.95. The molecule has 1 aliphatic carbocycles. The van der Waals surface area contributed by atoms with Crippen LogP contribution in [0.25, 0.3) is 0 Å². The minimum Gasteiger partial charge on any atom is -0.212 e. The fourth-order valence-corrected chi connectivity index (χ4v) is 3.61. The lowest BCUT2D eigenvalue weighted by molar-refractivity contribution is 0.373. The first-order valence-electron chi connectivity index (χ1n) is 7.05. The minimum absolute atomic E-state index is 0.118. The molecule has 0 radical (unpaired) electrons. The molecule has 4 heteroatoms. The molecule has 3 nitrogen and oxygen atoms in total. The van der Waals surface area contributed by atoms with Gasteiger partial charge in [-0.1, -0.05) is 30.3 Å². The van der Waals surface area contributed by atoms with Crippen molar-refractivity contribution in [1.82, 2.24) is 4.72 Å². The van der Waals surface area contributed by atoms with Crippen molar-refractivity contribution in [1.29, 1.82) is 0 Å². The highest BCUT2D eigenvalue weighted by Gasteiger charge is 2.26. The summed E-state index contributed by atoms with van der Waals surface area (Å²) in [5, 5.41) is -0.348. The molecule has 0 amide bonds. The van der Waals surface area contributed by atoms with Crippen molar-refractivity contribution >= 4 is 10.0 Å². The fourth-order valence-electron chi connectivity index (χ4n) is 2.64. The fraction of sp³-hybridized carbons (Fsp3) is 0.600. The van der Waals surface area contributed by atoms with Crippen LogP contribution < -0.4 is 4.72 Å². The lowest BCUT2D eigenvalue weighted by Crippen LogP contribution is -2.40. The second kappa shape index (κ2) is 6.06. The first-order chi connectivity index (χ1) is 8.99. The molecule has 0 aromatic heterocycles. The zero-order chi connectivity index (χ0) is 13.9. The van der Waals surface area contributed by atoms with E-state index >= 15 is 0 Å². The van der Waals surface area contributed by atoms with Crippen LogP contribution in [0.1, 0.15) is 51.0 Å². The van der Waals surface area contributed by atoms with Gasteiger partial charge in [-0.05, 0) is 51.0 Å². The van der Waals surface area contributed by atoms with E-state index in [0.29, 0.717) is 5.92 Å². The molecule has 1 saturated carbocycles. The third-order valence-corrected chi connectivity index (χ3v) is 5.85. The van der Waals surface area contributed by atoms with Gasteiger partial charge >= 0.3 is 0 Å². The van der Waals surface area contributed by atoms with E-state index in [0.717, 1.165) is 25.7 Å². The molecule has 0 aliphatic heterocycles. The molecular weight excluding hydrogens is 258 g/mol. The van der Waals surface area contributed by atoms with Crippen molar-refractivity contribution in [2.75, 3.05) is 0 Å². The molecule has 0 heterocycles. The predicted octanol–water partition coefficient (Wildman–Crippen LogP) is 3.04. The van der Waals surface area contributed by atoms with Crippen LogP contribution in [0.2, 0.25) is 0 Å². The van der Waals surface area contributed by atoms with Gasteiger partial charge in [-0.25, -0.2) is 13.1 Å². The Morgan fingerprint density at radius 3 is 2.16 bits per heavy atom. The van der Waals surface area contributed by atoms with Gasteiger partial charge in [-0.2, -0.15) is 0 Å². The van der Waals surface area contributed by atoms with Gasteiger partial charge in [0.15, 0.2) is 0 Å². The second-order valence-corrected chi connectivity index (χ2v) is 7.94. The largest absolute Gasteiger partial charge is 0.214 e. The zero-order valence-electron chi connectivity index (χ0n) is 11.7. The standard InChI is InChI=1S/C15H23NO2S/c1-12(2)19(17,18)16-15-10-8-14(9-11-15)13-6-4-3-5-7-13/h3-7,12,14-16H,8-11H2,1-2H3. The van der Waals surface area contributed by atoms with E-state index in [4.69, 9.17) is 0 Å². The van der Waals surface area contributed by atoms with Gasteiger partial charge in [0.05, 0.1) is 5.25 Å². The summed E-state index contributed by atoms with van der Waals surface area (Å²) in [6, 6.07) is 10.6. The summed E-state index contributed by atoms with van der Waals surface area (Å²) in [6.45, 7) is 3.44. The molecule has 19 heavy (non-hydrogen) atoms. The average molecular weight is 281 g/mol. The van der Waals surface area contributed by atoms with Crippen LogP contribution in [0.15, 0.2) is 30.3 Å². The maximum absolute atomic E-state index is 11.8. The van der Waals surface area contributed by atoms with Gasteiger partial charge in [0.2, 0.25) is 10.0 Å². The molecule has 2 rings (SSSR count). The molecule has 0 atom stereocenters. The second-order valence-electron chi connectivity index (χ2n) is 5.67. The van der Waals surface area contributed by atoms with Crippen molar-refractivity contribution in [2.45, 2.75) is 56.7 Å². The Morgan fingerprint density at radius 2 is 1.63 bits per heavy atom. The Bertz CT molecular complexity index is 488. The van der Waals surface area contributed by atoms with Gasteiger partial charge < -0.3 is 0 Å². The first-order valence-corrected chi connectivity index (χ1v) is 8.60. The number of rotatable bonds is 4. The van der Waals surface area contributed by atoms with E-state index in [-0.39, 0.29) is 11.3 Å². The molecular formula is C15H23NO2S. The SMILES string of the molecule is CC(C)S(=O)(=O)NC1CCC(c2ccccc2)CC1. The molecule has 1 aliphatic rings. The van der Waals surface area contributed by atoms with E-state index in [1.165, 1.54) is 5.56 Å². The number of sulfonamides is 1. The first kappa shape index (κ1) is 14.5. The summed E-state index contributed by atoms with van der Waals surface area (Å²) in [4.78, 5) is 0. The van der Waals surface area contributed by atoms with Crippen LogP contribution in [0.3, 0.4) is 0 Å². The van der Waals surface area contributed by atoms with E-state index in [1.54, 1.807) is 13.8 Å². The van der Waals surface area contributed by atoms with E-state index in [2.05, 4.69) is 29.0 Å². The van der Waals surface area contributed by atoms with E-state index in [9.17, 15) is 8.42 Å². The van der Waals surface area contributed by atoms with Gasteiger partial charge in [0.1, 0.15) is 0 Å². The molecule has 1 N–H and O–H groups in total.